The summed E-state index contributed by atoms with van der Waals surface area (Å²) in [5.41, 5.74) is 0. The minimum Gasteiger partial charge on any atom is -0.491 e. The minimum absolute atomic E-state index is 0.185. The Hall–Kier alpha value is -4.76. The van der Waals surface area contributed by atoms with Crippen LogP contribution in [0.15, 0.2) is 61.2 Å². The van der Waals surface area contributed by atoms with Crippen molar-refractivity contribution in [3.8, 4) is 58.0 Å². The first-order valence-electron chi connectivity index (χ1n) is 14.0. The number of nitrogens with zero attached hydrogens (tertiary/aromatic N) is 4. The van der Waals surface area contributed by atoms with Gasteiger partial charge in [-0.25, -0.2) is 0 Å². The highest BCUT2D eigenvalue weighted by molar-refractivity contribution is 5.46. The Morgan fingerprint density at radius 2 is 0.614 bits per heavy atom. The third-order valence-corrected chi connectivity index (χ3v) is 5.89. The van der Waals surface area contributed by atoms with Gasteiger partial charge in [-0.3, -0.25) is 9.97 Å². The first-order chi connectivity index (χ1) is 21.7. The van der Waals surface area contributed by atoms with Crippen molar-refractivity contribution in [1.82, 2.24) is 19.9 Å². The molecule has 10 bridgehead atoms. The largest absolute Gasteiger partial charge is 0.491 e. The number of aromatic nitrogens is 4. The molecule has 0 fully saturated rings. The van der Waals surface area contributed by atoms with Gasteiger partial charge in [0.1, 0.15) is 47.7 Å². The van der Waals surface area contributed by atoms with E-state index in [1.165, 1.54) is 24.8 Å². The lowest BCUT2D eigenvalue weighted by molar-refractivity contribution is -0.00700. The second-order valence-electron chi connectivity index (χ2n) is 9.23. The molecule has 4 heterocycles. The summed E-state index contributed by atoms with van der Waals surface area (Å²) in [6.45, 7) is 3.89. The number of hydrogen-bond acceptors (Lipinski definition) is 14. The fourth-order valence-corrected chi connectivity index (χ4v) is 4.03. The second-order valence-corrected chi connectivity index (χ2v) is 9.23. The maximum absolute atomic E-state index is 6.03. The molecule has 2 aromatic heterocycles. The smallest absolute Gasteiger partial charge is 0.241 e. The van der Waals surface area contributed by atoms with Gasteiger partial charge in [-0.1, -0.05) is 0 Å². The summed E-state index contributed by atoms with van der Waals surface area (Å²) in [6.07, 6.45) is 5.85. The predicted octanol–water partition coefficient (Wildman–Crippen LogP) is 4.59. The lowest BCUT2D eigenvalue weighted by atomic mass is 10.3. The van der Waals surface area contributed by atoms with Gasteiger partial charge < -0.3 is 47.4 Å². The fourth-order valence-electron chi connectivity index (χ4n) is 4.03. The van der Waals surface area contributed by atoms with E-state index in [-0.39, 0.29) is 36.7 Å². The van der Waals surface area contributed by atoms with Crippen molar-refractivity contribution >= 4 is 0 Å². The molecular weight excluding hydrogens is 576 g/mol. The molecular formula is C30H30N4O10. The molecule has 14 nitrogen and oxygen atoms in total. The van der Waals surface area contributed by atoms with Crippen LogP contribution in [0.2, 0.25) is 0 Å². The van der Waals surface area contributed by atoms with Crippen LogP contribution in [0.4, 0.5) is 0 Å². The summed E-state index contributed by atoms with van der Waals surface area (Å²) in [4.78, 5) is 17.3. The molecule has 0 saturated heterocycles. The Labute approximate surface area is 252 Å². The van der Waals surface area contributed by atoms with E-state index in [1.807, 2.05) is 0 Å². The minimum atomic E-state index is 0.185. The number of ether oxygens (including phenoxy) is 10. The summed E-state index contributed by atoms with van der Waals surface area (Å²) in [7, 11) is 0. The molecule has 230 valence electrons. The van der Waals surface area contributed by atoms with Gasteiger partial charge in [0.25, 0.3) is 0 Å². The topological polar surface area (TPSA) is 144 Å². The Bertz CT molecular complexity index is 1330. The zero-order valence-corrected chi connectivity index (χ0v) is 23.7. The van der Waals surface area contributed by atoms with Crippen LogP contribution in [0.3, 0.4) is 0 Å². The molecule has 2 aliphatic rings. The lowest BCUT2D eigenvalue weighted by Crippen LogP contribution is -2.14. The Balaban J connectivity index is 1.32. The van der Waals surface area contributed by atoms with E-state index >= 15 is 0 Å². The molecule has 0 radical (unpaired) electrons. The van der Waals surface area contributed by atoms with Crippen LogP contribution >= 0.6 is 0 Å². The summed E-state index contributed by atoms with van der Waals surface area (Å²) < 4.78 is 58.3. The number of hydrogen-bond donors (Lipinski definition) is 0. The normalized spacial score (nSPS) is 16.5. The highest BCUT2D eigenvalue weighted by atomic mass is 16.6. The predicted molar refractivity (Wildman–Crippen MR) is 152 cm³/mol. The van der Waals surface area contributed by atoms with Gasteiger partial charge in [0.2, 0.25) is 23.5 Å². The van der Waals surface area contributed by atoms with Crippen molar-refractivity contribution < 1.29 is 47.4 Å². The van der Waals surface area contributed by atoms with Crippen molar-refractivity contribution in [1.29, 1.82) is 0 Å². The summed E-state index contributed by atoms with van der Waals surface area (Å²) >= 11 is 0. The van der Waals surface area contributed by atoms with Crippen LogP contribution in [0.25, 0.3) is 0 Å². The molecule has 2 aliphatic heterocycles. The standard InChI is InChI=1S/C30H30N4O10/c1-2-36-4-6-38-8-10-40-22-13-25-16-26(14-22)44-30-20-32-18-28(34-30)42-24-12-21(39-9-7-37-5-3-35-1)11-23(15-24)41-27-17-31-19-29(33-27)43-25/h11-20H,1-10H2. The van der Waals surface area contributed by atoms with E-state index in [0.29, 0.717) is 87.4 Å². The number of fused-ring (bicyclic) bond motifs is 6. The van der Waals surface area contributed by atoms with Crippen LogP contribution in [-0.2, 0) is 18.9 Å². The summed E-state index contributed by atoms with van der Waals surface area (Å²) in [5, 5.41) is 0. The van der Waals surface area contributed by atoms with E-state index in [0.717, 1.165) is 0 Å². The van der Waals surface area contributed by atoms with E-state index in [1.54, 1.807) is 36.4 Å². The van der Waals surface area contributed by atoms with E-state index in [2.05, 4.69) is 19.9 Å². The molecule has 0 N–H and O–H groups in total. The Morgan fingerprint density at radius 1 is 0.341 bits per heavy atom. The fraction of sp³-hybridized carbons (Fsp3) is 0.333. The zero-order valence-electron chi connectivity index (χ0n) is 23.7. The van der Waals surface area contributed by atoms with Crippen molar-refractivity contribution in [3.05, 3.63) is 61.2 Å². The third-order valence-electron chi connectivity index (χ3n) is 5.89. The molecule has 0 spiro atoms. The monoisotopic (exact) mass is 606 g/mol. The highest BCUT2D eigenvalue weighted by Gasteiger charge is 2.14. The Kier molecular flexibility index (Phi) is 10.1. The molecule has 6 rings (SSSR count). The molecule has 0 amide bonds. The first kappa shape index (κ1) is 29.3. The molecule has 44 heavy (non-hydrogen) atoms. The van der Waals surface area contributed by atoms with E-state index in [4.69, 9.17) is 47.4 Å². The SMILES string of the molecule is c1c2cc3cc1Oc1cncc(n1)Oc1cc(cc(c1)Oc1cncc(n1)O3)OCCOCCOCCOCCOCCO2. The number of rotatable bonds is 0. The third kappa shape index (κ3) is 8.87. The van der Waals surface area contributed by atoms with Gasteiger partial charge >= 0.3 is 0 Å². The van der Waals surface area contributed by atoms with Gasteiger partial charge in [-0.15, -0.1) is 0 Å². The van der Waals surface area contributed by atoms with Crippen LogP contribution in [0, 0.1) is 0 Å². The average Bonchev–Trinajstić information content (AvgIpc) is 3.00. The maximum atomic E-state index is 6.03. The highest BCUT2D eigenvalue weighted by Crippen LogP contribution is 2.36. The lowest BCUT2D eigenvalue weighted by Gasteiger charge is -2.15. The van der Waals surface area contributed by atoms with Gasteiger partial charge in [-0.05, 0) is 0 Å². The van der Waals surface area contributed by atoms with Gasteiger partial charge in [-0.2, -0.15) is 9.97 Å². The first-order valence-corrected chi connectivity index (χ1v) is 14.0. The van der Waals surface area contributed by atoms with Crippen LogP contribution in [0.1, 0.15) is 0 Å². The van der Waals surface area contributed by atoms with Gasteiger partial charge in [0, 0.05) is 36.4 Å². The van der Waals surface area contributed by atoms with E-state index < -0.39 is 0 Å². The molecule has 0 saturated carbocycles. The van der Waals surface area contributed by atoms with E-state index in [9.17, 15) is 0 Å². The molecule has 0 unspecified atom stereocenters. The van der Waals surface area contributed by atoms with Gasteiger partial charge in [0.05, 0.1) is 77.6 Å². The zero-order chi connectivity index (χ0) is 29.8. The number of benzene rings is 2. The summed E-state index contributed by atoms with van der Waals surface area (Å²) in [6, 6.07) is 10.1. The Morgan fingerprint density at radius 3 is 0.932 bits per heavy atom. The second kappa shape index (κ2) is 15.1. The van der Waals surface area contributed by atoms with Crippen LogP contribution in [0.5, 0.6) is 58.0 Å². The molecule has 2 aromatic carbocycles. The van der Waals surface area contributed by atoms with Crippen molar-refractivity contribution in [2.75, 3.05) is 66.1 Å². The summed E-state index contributed by atoms with van der Waals surface area (Å²) in [5.74, 6) is 3.21. The van der Waals surface area contributed by atoms with Crippen molar-refractivity contribution in [2.24, 2.45) is 0 Å². The molecule has 0 aliphatic carbocycles. The van der Waals surface area contributed by atoms with Gasteiger partial charge in [0.15, 0.2) is 0 Å². The van der Waals surface area contributed by atoms with Crippen molar-refractivity contribution in [3.63, 3.8) is 0 Å². The average molecular weight is 607 g/mol. The maximum Gasteiger partial charge on any atom is 0.241 e. The van der Waals surface area contributed by atoms with Crippen LogP contribution in [-0.4, -0.2) is 86.0 Å². The molecule has 14 heteroatoms. The molecule has 4 aromatic rings. The van der Waals surface area contributed by atoms with Crippen LogP contribution < -0.4 is 28.4 Å². The van der Waals surface area contributed by atoms with Crippen molar-refractivity contribution in [2.45, 2.75) is 0 Å². The molecule has 0 atom stereocenters. The quantitative estimate of drug-likeness (QED) is 0.242.